The highest BCUT2D eigenvalue weighted by Gasteiger charge is 2.26. The number of carbonyl (C=O) groups excluding carboxylic acids is 1. The molecule has 1 saturated heterocycles. The number of para-hydroxylation sites is 1. The van der Waals surface area contributed by atoms with Crippen molar-refractivity contribution in [2.45, 2.75) is 13.8 Å². The van der Waals surface area contributed by atoms with Crippen LogP contribution in [0.5, 0.6) is 11.5 Å². The Morgan fingerprint density at radius 1 is 1.07 bits per heavy atom. The van der Waals surface area contributed by atoms with Crippen LogP contribution in [-0.2, 0) is 0 Å². The molecular weight excluding hydrogens is 526 g/mol. The fourth-order valence-corrected chi connectivity index (χ4v) is 5.57. The molecule has 2 aromatic heterocycles. The van der Waals surface area contributed by atoms with Crippen molar-refractivity contribution in [2.24, 2.45) is 0 Å². The number of carbonyl (C=O) groups is 1. The summed E-state index contributed by atoms with van der Waals surface area (Å²) in [7, 11) is 1.65. The van der Waals surface area contributed by atoms with Crippen LogP contribution in [0.25, 0.3) is 33.3 Å². The molecule has 3 heterocycles. The van der Waals surface area contributed by atoms with E-state index in [1.165, 1.54) is 0 Å². The predicted octanol–water partition coefficient (Wildman–Crippen LogP) is 5.36. The number of amides is 1. The van der Waals surface area contributed by atoms with Crippen LogP contribution in [0.1, 0.15) is 24.2 Å². The molecule has 2 aromatic carbocycles. The molecule has 1 aliphatic rings. The van der Waals surface area contributed by atoms with Gasteiger partial charge in [0.15, 0.2) is 0 Å². The Labute approximate surface area is 240 Å². The van der Waals surface area contributed by atoms with Gasteiger partial charge in [-0.2, -0.15) is 0 Å². The van der Waals surface area contributed by atoms with E-state index in [0.717, 1.165) is 72.7 Å². The van der Waals surface area contributed by atoms with Gasteiger partial charge in [-0.05, 0) is 42.9 Å². The van der Waals surface area contributed by atoms with Gasteiger partial charge in [-0.15, -0.1) is 0 Å². The highest BCUT2D eigenvalue weighted by Crippen LogP contribution is 2.38. The largest absolute Gasteiger partial charge is 0.506 e. The third kappa shape index (κ3) is 5.66. The van der Waals surface area contributed by atoms with Crippen molar-refractivity contribution in [3.8, 4) is 33.8 Å². The Morgan fingerprint density at radius 2 is 1.82 bits per heavy atom. The zero-order valence-electron chi connectivity index (χ0n) is 23.3. The third-order valence-electron chi connectivity index (χ3n) is 7.84. The molecule has 8 nitrogen and oxygen atoms in total. The number of hydrogen-bond donors (Lipinski definition) is 2. The maximum Gasteiger partial charge on any atom is 0.257 e. The van der Waals surface area contributed by atoms with Crippen molar-refractivity contribution in [3.05, 3.63) is 65.4 Å². The topological polar surface area (TPSA) is 84.9 Å². The fourth-order valence-electron chi connectivity index (χ4n) is 5.35. The van der Waals surface area contributed by atoms with Gasteiger partial charge >= 0.3 is 0 Å². The number of phenolic OH excluding ortho intramolecular Hbond substituents is 1. The summed E-state index contributed by atoms with van der Waals surface area (Å²) >= 11 is 6.46. The monoisotopic (exact) mass is 561 g/mol. The van der Waals surface area contributed by atoms with Crippen molar-refractivity contribution in [2.75, 3.05) is 59.5 Å². The lowest BCUT2D eigenvalue weighted by molar-refractivity contribution is 0.0622. The number of aromatic nitrogens is 2. The number of methoxy groups -OCH3 is 1. The number of phenols is 1. The van der Waals surface area contributed by atoms with E-state index in [2.05, 4.69) is 33.6 Å². The number of H-pyrrole nitrogens is 1. The molecule has 0 atom stereocenters. The van der Waals surface area contributed by atoms with E-state index in [0.29, 0.717) is 18.7 Å². The Balaban J connectivity index is 1.39. The molecule has 0 unspecified atom stereocenters. The molecule has 0 spiro atoms. The van der Waals surface area contributed by atoms with Gasteiger partial charge in [0.1, 0.15) is 17.1 Å². The van der Waals surface area contributed by atoms with E-state index < -0.39 is 0 Å². The number of aromatic amines is 1. The van der Waals surface area contributed by atoms with Crippen molar-refractivity contribution in [1.29, 1.82) is 0 Å². The summed E-state index contributed by atoms with van der Waals surface area (Å²) in [5.41, 5.74) is 4.36. The number of likely N-dealkylation sites (N-methyl/N-ethyl adjacent to an activating group) is 1. The number of aromatic hydroxyl groups is 1. The fraction of sp³-hybridized carbons (Fsp3) is 0.355. The minimum Gasteiger partial charge on any atom is -0.506 e. The van der Waals surface area contributed by atoms with Crippen LogP contribution in [-0.4, -0.2) is 95.1 Å². The van der Waals surface area contributed by atoms with Crippen molar-refractivity contribution in [3.63, 3.8) is 0 Å². The van der Waals surface area contributed by atoms with Crippen LogP contribution in [0, 0.1) is 0 Å². The normalized spacial score (nSPS) is 14.3. The maximum atomic E-state index is 13.5. The van der Waals surface area contributed by atoms with E-state index in [1.54, 1.807) is 30.3 Å². The molecule has 1 amide bonds. The average molecular weight is 562 g/mol. The van der Waals surface area contributed by atoms with Crippen molar-refractivity contribution >= 4 is 28.5 Å². The molecule has 0 saturated carbocycles. The molecule has 0 aliphatic carbocycles. The number of piperazine rings is 1. The maximum absolute atomic E-state index is 13.5. The number of ether oxygens (including phenoxy) is 1. The van der Waals surface area contributed by atoms with E-state index in [1.807, 2.05) is 36.5 Å². The minimum atomic E-state index is -0.213. The molecular formula is C31H36ClN5O3. The molecule has 40 heavy (non-hydrogen) atoms. The molecule has 2 N–H and O–H groups in total. The van der Waals surface area contributed by atoms with E-state index in [4.69, 9.17) is 16.3 Å². The molecule has 1 aliphatic heterocycles. The number of benzene rings is 2. The Bertz CT molecular complexity index is 1490. The van der Waals surface area contributed by atoms with Crippen LogP contribution >= 0.6 is 11.6 Å². The summed E-state index contributed by atoms with van der Waals surface area (Å²) in [6.07, 6.45) is 3.66. The second-order valence-corrected chi connectivity index (χ2v) is 10.4. The van der Waals surface area contributed by atoms with Gasteiger partial charge in [0, 0.05) is 73.7 Å². The lowest BCUT2D eigenvalue weighted by Crippen LogP contribution is -2.50. The quantitative estimate of drug-likeness (QED) is 0.286. The minimum absolute atomic E-state index is 0.137. The number of rotatable bonds is 9. The predicted molar refractivity (Wildman–Crippen MR) is 160 cm³/mol. The molecule has 4 aromatic rings. The summed E-state index contributed by atoms with van der Waals surface area (Å²) in [4.78, 5) is 28.0. The summed E-state index contributed by atoms with van der Waals surface area (Å²) in [6, 6.07) is 13.2. The number of halogens is 1. The molecule has 0 radical (unpaired) electrons. The molecule has 210 valence electrons. The van der Waals surface area contributed by atoms with E-state index in [-0.39, 0.29) is 22.2 Å². The van der Waals surface area contributed by atoms with Crippen LogP contribution in [0.2, 0.25) is 5.02 Å². The summed E-state index contributed by atoms with van der Waals surface area (Å²) < 4.78 is 5.58. The first kappa shape index (κ1) is 28.0. The number of hydrogen-bond acceptors (Lipinski definition) is 6. The van der Waals surface area contributed by atoms with Crippen molar-refractivity contribution < 1.29 is 14.6 Å². The number of fused-ring (bicyclic) bond motifs is 1. The molecule has 5 rings (SSSR count). The standard InChI is InChI=1S/C31H36ClN5O3/c1-4-35(5-2)10-11-36-12-14-37(15-13-36)31(39)25-16-21(18-27(32)29(25)38)22-17-24-26(20-34-30(24)33-19-22)23-8-6-7-9-28(23)40-3/h6-9,16-20,38H,4-5,10-15H2,1-3H3,(H,33,34). The van der Waals surface area contributed by atoms with E-state index >= 15 is 0 Å². The highest BCUT2D eigenvalue weighted by molar-refractivity contribution is 6.33. The molecule has 0 bridgehead atoms. The van der Waals surface area contributed by atoms with Crippen LogP contribution in [0.15, 0.2) is 54.9 Å². The summed E-state index contributed by atoms with van der Waals surface area (Å²) in [6.45, 7) is 11.3. The highest BCUT2D eigenvalue weighted by atomic mass is 35.5. The van der Waals surface area contributed by atoms with Gasteiger partial charge in [-0.3, -0.25) is 9.69 Å². The smallest absolute Gasteiger partial charge is 0.257 e. The van der Waals surface area contributed by atoms with Crippen LogP contribution in [0.4, 0.5) is 0 Å². The first-order valence-electron chi connectivity index (χ1n) is 13.8. The zero-order valence-corrected chi connectivity index (χ0v) is 24.0. The van der Waals surface area contributed by atoms with Gasteiger partial charge in [0.25, 0.3) is 5.91 Å². The molecule has 1 fully saturated rings. The second-order valence-electron chi connectivity index (χ2n) is 10.0. The van der Waals surface area contributed by atoms with Crippen LogP contribution < -0.4 is 4.74 Å². The Hall–Kier alpha value is -3.59. The number of nitrogens with zero attached hydrogens (tertiary/aromatic N) is 4. The lowest BCUT2D eigenvalue weighted by Gasteiger charge is -2.35. The lowest BCUT2D eigenvalue weighted by atomic mass is 9.99. The second kappa shape index (κ2) is 12.3. The van der Waals surface area contributed by atoms with Gasteiger partial charge in [-0.1, -0.05) is 43.6 Å². The van der Waals surface area contributed by atoms with Gasteiger partial charge in [-0.25, -0.2) is 4.98 Å². The third-order valence-corrected chi connectivity index (χ3v) is 8.13. The Morgan fingerprint density at radius 3 is 2.55 bits per heavy atom. The van der Waals surface area contributed by atoms with Crippen LogP contribution in [0.3, 0.4) is 0 Å². The zero-order chi connectivity index (χ0) is 28.2. The number of nitrogens with one attached hydrogen (secondary N) is 1. The average Bonchev–Trinajstić information content (AvgIpc) is 3.42. The van der Waals surface area contributed by atoms with Gasteiger partial charge in [0.2, 0.25) is 0 Å². The Kier molecular flexibility index (Phi) is 8.59. The summed E-state index contributed by atoms with van der Waals surface area (Å²) in [5, 5.41) is 11.8. The first-order chi connectivity index (χ1) is 19.4. The molecule has 9 heteroatoms. The SMILES string of the molecule is CCN(CC)CCN1CCN(C(=O)c2cc(-c3cnc4[nH]cc(-c5ccccc5OC)c4c3)cc(Cl)c2O)CC1. The van der Waals surface area contributed by atoms with Gasteiger partial charge < -0.3 is 24.6 Å². The van der Waals surface area contributed by atoms with Crippen molar-refractivity contribution in [1.82, 2.24) is 24.7 Å². The number of pyridine rings is 1. The summed E-state index contributed by atoms with van der Waals surface area (Å²) in [5.74, 6) is 0.363. The first-order valence-corrected chi connectivity index (χ1v) is 14.2. The van der Waals surface area contributed by atoms with Gasteiger partial charge in [0.05, 0.1) is 17.7 Å². The van der Waals surface area contributed by atoms with E-state index in [9.17, 15) is 9.90 Å².